The molecule has 0 aliphatic carbocycles. The summed E-state index contributed by atoms with van der Waals surface area (Å²) in [5.74, 6) is -1.04. The molecule has 0 fully saturated rings. The van der Waals surface area contributed by atoms with E-state index < -0.39 is 17.5 Å². The summed E-state index contributed by atoms with van der Waals surface area (Å²) in [5, 5.41) is 12.0. The lowest BCUT2D eigenvalue weighted by molar-refractivity contribution is -0.147. The Balaban J connectivity index is 2.93. The zero-order chi connectivity index (χ0) is 16.2. The molecule has 2 N–H and O–H groups in total. The quantitative estimate of drug-likeness (QED) is 0.874. The average molecular weight is 293 g/mol. The maximum atomic E-state index is 12.3. The highest BCUT2D eigenvalue weighted by Gasteiger charge is 2.36. The van der Waals surface area contributed by atoms with Gasteiger partial charge in [-0.1, -0.05) is 6.07 Å². The Labute approximate surface area is 125 Å². The van der Waals surface area contributed by atoms with E-state index in [1.54, 1.807) is 13.0 Å². The van der Waals surface area contributed by atoms with Crippen molar-refractivity contribution in [2.75, 3.05) is 30.9 Å². The van der Waals surface area contributed by atoms with E-state index in [-0.39, 0.29) is 0 Å². The summed E-state index contributed by atoms with van der Waals surface area (Å²) < 4.78 is 0. The lowest BCUT2D eigenvalue weighted by atomic mass is 10.0. The van der Waals surface area contributed by atoms with E-state index in [2.05, 4.69) is 5.32 Å². The summed E-state index contributed by atoms with van der Waals surface area (Å²) in [5.41, 5.74) is 0.317. The summed E-state index contributed by atoms with van der Waals surface area (Å²) in [6, 6.07) is 6.94. The van der Waals surface area contributed by atoms with E-state index in [1.807, 2.05) is 37.2 Å². The number of nitrogens with one attached hydrogen (secondary N) is 1. The summed E-state index contributed by atoms with van der Waals surface area (Å²) in [7, 11) is 3.82. The van der Waals surface area contributed by atoms with Crippen molar-refractivity contribution in [3.63, 3.8) is 0 Å². The van der Waals surface area contributed by atoms with Crippen LogP contribution in [0.5, 0.6) is 0 Å². The van der Waals surface area contributed by atoms with Gasteiger partial charge >= 0.3 is 12.0 Å². The number of aliphatic carboxylic acids is 1. The third kappa shape index (κ3) is 3.87. The first-order valence-corrected chi connectivity index (χ1v) is 6.79. The van der Waals surface area contributed by atoms with Gasteiger partial charge in [0.1, 0.15) is 5.54 Å². The number of carboxylic acid groups (broad SMARTS) is 1. The van der Waals surface area contributed by atoms with Gasteiger partial charge in [-0.25, -0.2) is 9.59 Å². The fourth-order valence-electron chi connectivity index (χ4n) is 1.96. The van der Waals surface area contributed by atoms with Crippen LogP contribution in [0, 0.1) is 0 Å². The molecule has 0 spiro atoms. The van der Waals surface area contributed by atoms with Gasteiger partial charge in [0.2, 0.25) is 0 Å². The fourth-order valence-corrected chi connectivity index (χ4v) is 1.96. The Hall–Kier alpha value is -2.24. The Kier molecular flexibility index (Phi) is 5.18. The predicted octanol–water partition coefficient (Wildman–Crippen LogP) is 2.47. The molecule has 2 amide bonds. The van der Waals surface area contributed by atoms with Crippen LogP contribution >= 0.6 is 0 Å². The van der Waals surface area contributed by atoms with Crippen LogP contribution < -0.4 is 10.2 Å². The minimum atomic E-state index is -1.27. The van der Waals surface area contributed by atoms with Crippen LogP contribution in [0.25, 0.3) is 0 Å². The van der Waals surface area contributed by atoms with E-state index in [9.17, 15) is 14.7 Å². The van der Waals surface area contributed by atoms with Gasteiger partial charge in [0.05, 0.1) is 0 Å². The number of carbonyl (C=O) groups is 2. The summed E-state index contributed by atoms with van der Waals surface area (Å²) in [6.07, 6.45) is 0. The Morgan fingerprint density at radius 1 is 1.29 bits per heavy atom. The maximum Gasteiger partial charge on any atom is 0.329 e. The molecule has 0 saturated carbocycles. The normalized spacial score (nSPS) is 10.9. The molecule has 0 aromatic heterocycles. The van der Waals surface area contributed by atoms with E-state index in [0.717, 1.165) is 5.69 Å². The monoisotopic (exact) mass is 293 g/mol. The van der Waals surface area contributed by atoms with Gasteiger partial charge in [-0.15, -0.1) is 0 Å². The summed E-state index contributed by atoms with van der Waals surface area (Å²) >= 11 is 0. The lowest BCUT2D eigenvalue weighted by Gasteiger charge is -2.34. The van der Waals surface area contributed by atoms with Crippen LogP contribution in [-0.4, -0.2) is 48.2 Å². The molecule has 0 bridgehead atoms. The van der Waals surface area contributed by atoms with Crippen molar-refractivity contribution in [2.45, 2.75) is 26.3 Å². The molecule has 0 radical (unpaired) electrons. The largest absolute Gasteiger partial charge is 0.480 e. The highest BCUT2D eigenvalue weighted by molar-refractivity contribution is 5.94. The number of likely N-dealkylation sites (N-methyl/N-ethyl adjacent to an activating group) is 1. The van der Waals surface area contributed by atoms with Gasteiger partial charge in [-0.2, -0.15) is 0 Å². The lowest BCUT2D eigenvalue weighted by Crippen LogP contribution is -2.54. The molecule has 0 unspecified atom stereocenters. The van der Waals surface area contributed by atoms with Crippen molar-refractivity contribution in [2.24, 2.45) is 0 Å². The second-order valence-corrected chi connectivity index (χ2v) is 5.48. The minimum Gasteiger partial charge on any atom is -0.480 e. The molecule has 1 aromatic carbocycles. The number of carbonyl (C=O) groups excluding carboxylic acids is 1. The molecule has 0 aliphatic heterocycles. The smallest absolute Gasteiger partial charge is 0.329 e. The number of amides is 2. The van der Waals surface area contributed by atoms with Crippen LogP contribution in [-0.2, 0) is 4.79 Å². The zero-order valence-electron chi connectivity index (χ0n) is 13.2. The van der Waals surface area contributed by atoms with Crippen molar-refractivity contribution in [3.05, 3.63) is 24.3 Å². The Bertz CT molecular complexity index is 527. The van der Waals surface area contributed by atoms with Crippen molar-refractivity contribution >= 4 is 23.4 Å². The van der Waals surface area contributed by atoms with Crippen LogP contribution in [0.3, 0.4) is 0 Å². The number of nitrogens with zero attached hydrogens (tertiary/aromatic N) is 2. The van der Waals surface area contributed by atoms with E-state index in [0.29, 0.717) is 12.2 Å². The third-order valence-corrected chi connectivity index (χ3v) is 3.37. The van der Waals surface area contributed by atoms with Crippen LogP contribution in [0.4, 0.5) is 16.2 Å². The number of hydrogen-bond donors (Lipinski definition) is 2. The van der Waals surface area contributed by atoms with Gasteiger partial charge < -0.3 is 20.2 Å². The molecule has 0 saturated heterocycles. The van der Waals surface area contributed by atoms with Gasteiger partial charge in [0.15, 0.2) is 0 Å². The SMILES string of the molecule is CCN(C(=O)Nc1cccc(N(C)C)c1)C(C)(C)C(=O)O. The van der Waals surface area contributed by atoms with Crippen molar-refractivity contribution in [3.8, 4) is 0 Å². The first-order valence-electron chi connectivity index (χ1n) is 6.79. The summed E-state index contributed by atoms with van der Waals surface area (Å²) in [6.45, 7) is 5.07. The molecular formula is C15H23N3O3. The maximum absolute atomic E-state index is 12.3. The van der Waals surface area contributed by atoms with E-state index >= 15 is 0 Å². The van der Waals surface area contributed by atoms with Gasteiger partial charge in [0, 0.05) is 32.0 Å². The molecule has 1 rings (SSSR count). The van der Waals surface area contributed by atoms with Crippen molar-refractivity contribution in [1.82, 2.24) is 4.90 Å². The van der Waals surface area contributed by atoms with Crippen LogP contribution in [0.1, 0.15) is 20.8 Å². The summed E-state index contributed by atoms with van der Waals surface area (Å²) in [4.78, 5) is 26.8. The highest BCUT2D eigenvalue weighted by Crippen LogP contribution is 2.20. The first-order chi connectivity index (χ1) is 9.70. The molecular weight excluding hydrogens is 270 g/mol. The number of urea groups is 1. The third-order valence-electron chi connectivity index (χ3n) is 3.37. The Morgan fingerprint density at radius 2 is 1.90 bits per heavy atom. The first kappa shape index (κ1) is 16.8. The van der Waals surface area contributed by atoms with Crippen LogP contribution in [0.2, 0.25) is 0 Å². The zero-order valence-corrected chi connectivity index (χ0v) is 13.2. The second-order valence-electron chi connectivity index (χ2n) is 5.48. The highest BCUT2D eigenvalue weighted by atomic mass is 16.4. The predicted molar refractivity (Wildman–Crippen MR) is 83.9 cm³/mol. The molecule has 116 valence electrons. The van der Waals surface area contributed by atoms with Crippen molar-refractivity contribution < 1.29 is 14.7 Å². The number of hydrogen-bond acceptors (Lipinski definition) is 3. The molecule has 0 heterocycles. The van der Waals surface area contributed by atoms with Gasteiger partial charge in [-0.3, -0.25) is 0 Å². The molecule has 0 aliphatic rings. The van der Waals surface area contributed by atoms with Gasteiger partial charge in [-0.05, 0) is 39.0 Å². The molecule has 21 heavy (non-hydrogen) atoms. The molecule has 1 aromatic rings. The second kappa shape index (κ2) is 6.47. The number of carboxylic acids is 1. The average Bonchev–Trinajstić information content (AvgIpc) is 2.39. The molecule has 0 atom stereocenters. The van der Waals surface area contributed by atoms with E-state index in [4.69, 9.17) is 0 Å². The number of rotatable bonds is 5. The fraction of sp³-hybridized carbons (Fsp3) is 0.467. The minimum absolute atomic E-state index is 0.304. The van der Waals surface area contributed by atoms with E-state index in [1.165, 1.54) is 18.7 Å². The standard InChI is InChI=1S/C15H23N3O3/c1-6-18(15(2,3)13(19)20)14(21)16-11-8-7-9-12(10-11)17(4)5/h7-10H,6H2,1-5H3,(H,16,21)(H,19,20). The number of benzene rings is 1. The van der Waals surface area contributed by atoms with Crippen molar-refractivity contribution in [1.29, 1.82) is 0 Å². The van der Waals surface area contributed by atoms with Crippen LogP contribution in [0.15, 0.2) is 24.3 Å². The van der Waals surface area contributed by atoms with Gasteiger partial charge in [0.25, 0.3) is 0 Å². The molecule has 6 nitrogen and oxygen atoms in total. The molecule has 6 heteroatoms. The topological polar surface area (TPSA) is 72.9 Å². The number of anilines is 2. The Morgan fingerprint density at radius 3 is 2.38 bits per heavy atom.